The second kappa shape index (κ2) is 12.5. The molecule has 2 unspecified atom stereocenters. The molecule has 1 aromatic rings. The molecule has 162 valence electrons. The van der Waals surface area contributed by atoms with Crippen LogP contribution in [-0.2, 0) is 9.47 Å². The average molecular weight is 415 g/mol. The van der Waals surface area contributed by atoms with Crippen molar-refractivity contribution in [3.8, 4) is 0 Å². The van der Waals surface area contributed by atoms with Crippen molar-refractivity contribution in [2.24, 2.45) is 5.73 Å². The summed E-state index contributed by atoms with van der Waals surface area (Å²) in [5.74, 6) is -9.20. The largest absolute Gasteiger partial charge is 0.394 e. The van der Waals surface area contributed by atoms with Gasteiger partial charge in [0.05, 0.1) is 13.2 Å². The molecule has 0 aromatic heterocycles. The number of aliphatic hydroxyl groups excluding tert-OH is 2. The quantitative estimate of drug-likeness (QED) is 0.169. The summed E-state index contributed by atoms with van der Waals surface area (Å²) >= 11 is 0. The van der Waals surface area contributed by atoms with E-state index in [0.717, 1.165) is 7.11 Å². The fourth-order valence-corrected chi connectivity index (χ4v) is 1.92. The van der Waals surface area contributed by atoms with Crippen LogP contribution in [0.1, 0.15) is 24.2 Å². The highest BCUT2D eigenvalue weighted by Crippen LogP contribution is 2.25. The number of methoxy groups -OCH3 is 1. The molecule has 7 N–H and O–H groups in total. The summed E-state index contributed by atoms with van der Waals surface area (Å²) in [6, 6.07) is 0. The van der Waals surface area contributed by atoms with Crippen LogP contribution in [0.25, 0.3) is 0 Å². The molecule has 12 heteroatoms. The molecule has 0 saturated heterocycles. The van der Waals surface area contributed by atoms with Crippen LogP contribution in [0, 0.1) is 23.3 Å². The Kier molecular flexibility index (Phi) is 11.6. The van der Waals surface area contributed by atoms with Gasteiger partial charge in [0.1, 0.15) is 23.5 Å². The lowest BCUT2D eigenvalue weighted by Gasteiger charge is -2.25. The molecule has 0 radical (unpaired) electrons. The normalized spacial score (nSPS) is 13.9. The number of nitrogens with two attached hydrogens (primary N) is 2. The highest BCUT2D eigenvalue weighted by Gasteiger charge is 2.29. The Morgan fingerprint density at radius 2 is 1.64 bits per heavy atom. The lowest BCUT2D eigenvalue weighted by molar-refractivity contribution is -0.177. The number of carbonyl (C=O) groups is 1. The highest BCUT2D eigenvalue weighted by atomic mass is 19.2. The van der Waals surface area contributed by atoms with E-state index >= 15 is 0 Å². The Bertz CT molecular complexity index is 622. The molecule has 0 aliphatic carbocycles. The fraction of sp³-hybridized carbons (Fsp3) is 0.562. The number of benzene rings is 1. The van der Waals surface area contributed by atoms with E-state index in [1.54, 1.807) is 0 Å². The molecule has 8 nitrogen and oxygen atoms in total. The zero-order chi connectivity index (χ0) is 22.0. The van der Waals surface area contributed by atoms with Gasteiger partial charge >= 0.3 is 0 Å². The zero-order valence-electron chi connectivity index (χ0n) is 15.6. The molecule has 1 rings (SSSR count). The van der Waals surface area contributed by atoms with Crippen molar-refractivity contribution in [2.75, 3.05) is 32.5 Å². The van der Waals surface area contributed by atoms with Crippen LogP contribution in [0.3, 0.4) is 0 Å². The summed E-state index contributed by atoms with van der Waals surface area (Å²) in [6.07, 6.45) is -3.66. The predicted octanol–water partition coefficient (Wildman–Crippen LogP) is 0.251. The molecule has 28 heavy (non-hydrogen) atoms. The number of ether oxygens (including phenoxy) is 2. The Labute approximate surface area is 159 Å². The number of amides is 1. The van der Waals surface area contributed by atoms with Crippen molar-refractivity contribution in [1.82, 2.24) is 5.32 Å². The summed E-state index contributed by atoms with van der Waals surface area (Å²) in [4.78, 5) is 11.9. The number of halogens is 4. The number of aliphatic hydroxyl groups is 2. The average Bonchev–Trinajstić information content (AvgIpc) is 2.72. The monoisotopic (exact) mass is 415 g/mol. The van der Waals surface area contributed by atoms with Gasteiger partial charge in [-0.05, 0) is 0 Å². The number of hydrogen-bond acceptors (Lipinski definition) is 7. The van der Waals surface area contributed by atoms with Gasteiger partial charge in [-0.1, -0.05) is 13.8 Å². The molecule has 0 aliphatic rings. The highest BCUT2D eigenvalue weighted by molar-refractivity contribution is 5.95. The Morgan fingerprint density at radius 3 is 2.04 bits per heavy atom. The van der Waals surface area contributed by atoms with Crippen LogP contribution in [0.5, 0.6) is 0 Å². The Balaban J connectivity index is 0.00000352. The van der Waals surface area contributed by atoms with E-state index < -0.39 is 72.1 Å². The summed E-state index contributed by atoms with van der Waals surface area (Å²) in [7, 11) is 1.15. The topological polar surface area (TPSA) is 140 Å². The van der Waals surface area contributed by atoms with Gasteiger partial charge in [0.25, 0.3) is 5.91 Å². The van der Waals surface area contributed by atoms with E-state index in [-0.39, 0.29) is 6.54 Å². The fourth-order valence-electron chi connectivity index (χ4n) is 1.92. The molecular weight excluding hydrogens is 390 g/mol. The molecule has 0 aliphatic heterocycles. The molecule has 1 aromatic carbocycles. The van der Waals surface area contributed by atoms with E-state index in [2.05, 4.69) is 0 Å². The van der Waals surface area contributed by atoms with E-state index in [1.165, 1.54) is 0 Å². The molecular formula is C16H25F4N3O5. The summed E-state index contributed by atoms with van der Waals surface area (Å²) in [6.45, 7) is 2.61. The number of nitrogens with one attached hydrogen (secondary N) is 1. The van der Waals surface area contributed by atoms with Crippen LogP contribution in [-0.4, -0.2) is 61.4 Å². The maximum Gasteiger partial charge on any atom is 0.257 e. The number of rotatable bonds is 9. The van der Waals surface area contributed by atoms with Gasteiger partial charge in [0.2, 0.25) is 0 Å². The van der Waals surface area contributed by atoms with Gasteiger partial charge in [0, 0.05) is 13.7 Å². The molecule has 0 heterocycles. The van der Waals surface area contributed by atoms with Gasteiger partial charge in [-0.15, -0.1) is 0 Å². The molecule has 0 fully saturated rings. The van der Waals surface area contributed by atoms with Crippen molar-refractivity contribution in [3.05, 3.63) is 28.8 Å². The maximum absolute atomic E-state index is 13.7. The molecule has 0 spiro atoms. The lowest BCUT2D eigenvalue weighted by atomic mass is 10.1. The molecule has 0 bridgehead atoms. The van der Waals surface area contributed by atoms with Gasteiger partial charge in [0.15, 0.2) is 29.6 Å². The molecule has 0 saturated carbocycles. The third kappa shape index (κ3) is 6.27. The second-order valence-electron chi connectivity index (χ2n) is 5.08. The lowest BCUT2D eigenvalue weighted by Crippen LogP contribution is -2.44. The standard InChI is InChI=1S/C14H19F4N3O5.C2H6/c1-25-7(26-6(2-19)5(23)4-22)3-21-14(24)8-9(15)11(17)13(20)12(18)10(8)16;1-2/h5-7,22-23H,2-4,19-20H2,1H3,(H,21,24);1-2H3/t5-,6?,7?;/m1./s1. The van der Waals surface area contributed by atoms with Gasteiger partial charge in [-0.3, -0.25) is 4.79 Å². The first-order chi connectivity index (χ1) is 13.2. The van der Waals surface area contributed by atoms with Crippen LogP contribution >= 0.6 is 0 Å². The van der Waals surface area contributed by atoms with Crippen molar-refractivity contribution in [1.29, 1.82) is 0 Å². The SMILES string of the molecule is CC.COC(CNC(=O)c1c(F)c(F)c(N)c(F)c1F)OC(CN)[C@H](O)CO. The van der Waals surface area contributed by atoms with Crippen LogP contribution < -0.4 is 16.8 Å². The smallest absolute Gasteiger partial charge is 0.257 e. The van der Waals surface area contributed by atoms with E-state index in [9.17, 15) is 27.5 Å². The molecule has 1 amide bonds. The first-order valence-corrected chi connectivity index (χ1v) is 8.26. The van der Waals surface area contributed by atoms with Gasteiger partial charge in [-0.25, -0.2) is 17.6 Å². The minimum absolute atomic E-state index is 0.215. The number of nitrogen functional groups attached to an aromatic ring is 1. The van der Waals surface area contributed by atoms with Crippen molar-refractivity contribution < 1.29 is 42.0 Å². The van der Waals surface area contributed by atoms with Gasteiger partial charge in [-0.2, -0.15) is 0 Å². The van der Waals surface area contributed by atoms with E-state index in [4.69, 9.17) is 26.0 Å². The van der Waals surface area contributed by atoms with Crippen LogP contribution in [0.4, 0.5) is 23.2 Å². The van der Waals surface area contributed by atoms with Gasteiger partial charge < -0.3 is 36.5 Å². The van der Waals surface area contributed by atoms with Crippen molar-refractivity contribution in [3.63, 3.8) is 0 Å². The van der Waals surface area contributed by atoms with Crippen molar-refractivity contribution >= 4 is 11.6 Å². The minimum atomic E-state index is -1.95. The second-order valence-corrected chi connectivity index (χ2v) is 5.08. The third-order valence-corrected chi connectivity index (χ3v) is 3.39. The Morgan fingerprint density at radius 1 is 1.14 bits per heavy atom. The van der Waals surface area contributed by atoms with Crippen molar-refractivity contribution in [2.45, 2.75) is 32.3 Å². The summed E-state index contributed by atoms with van der Waals surface area (Å²) < 4.78 is 64.3. The Hall–Kier alpha value is -1.99. The number of hydrogen-bond donors (Lipinski definition) is 5. The summed E-state index contributed by atoms with van der Waals surface area (Å²) in [5, 5.41) is 20.3. The van der Waals surface area contributed by atoms with Crippen LogP contribution in [0.2, 0.25) is 0 Å². The molecule has 3 atom stereocenters. The zero-order valence-corrected chi connectivity index (χ0v) is 15.6. The third-order valence-electron chi connectivity index (χ3n) is 3.39. The minimum Gasteiger partial charge on any atom is -0.394 e. The number of anilines is 1. The first kappa shape index (κ1) is 26.0. The summed E-state index contributed by atoms with van der Waals surface area (Å²) in [5.41, 5.74) is 7.31. The predicted molar refractivity (Wildman–Crippen MR) is 92.2 cm³/mol. The van der Waals surface area contributed by atoms with E-state index in [1.807, 2.05) is 19.2 Å². The first-order valence-electron chi connectivity index (χ1n) is 8.26. The van der Waals surface area contributed by atoms with Crippen LogP contribution in [0.15, 0.2) is 0 Å². The van der Waals surface area contributed by atoms with E-state index in [0.29, 0.717) is 0 Å². The number of carbonyl (C=O) groups excluding carboxylic acids is 1. The maximum atomic E-state index is 13.7.